The highest BCUT2D eigenvalue weighted by Crippen LogP contribution is 2.46. The van der Waals surface area contributed by atoms with Gasteiger partial charge in [-0.05, 0) is 12.8 Å². The van der Waals surface area contributed by atoms with Gasteiger partial charge in [0.1, 0.15) is 4.75 Å². The average molecular weight is 279 g/mol. The molecule has 1 aliphatic carbocycles. The molecule has 1 N–H and O–H groups in total. The third-order valence-electron chi connectivity index (χ3n) is 3.52. The Labute approximate surface area is 111 Å². The normalized spacial score (nSPS) is 17.3. The van der Waals surface area contributed by atoms with Crippen molar-refractivity contribution in [2.75, 3.05) is 0 Å². The molecule has 1 aromatic heterocycles. The summed E-state index contributed by atoms with van der Waals surface area (Å²) in [5.74, 6) is 0.565. The van der Waals surface area contributed by atoms with E-state index in [1.165, 1.54) is 6.39 Å². The molecule has 0 bridgehead atoms. The third kappa shape index (κ3) is 2.17. The van der Waals surface area contributed by atoms with Crippen molar-refractivity contribution in [1.82, 2.24) is 4.98 Å². The van der Waals surface area contributed by atoms with Crippen LogP contribution in [-0.2, 0) is 16.5 Å². The van der Waals surface area contributed by atoms with Crippen LogP contribution >= 0.6 is 0 Å². The second-order valence-corrected chi connectivity index (χ2v) is 6.65. The van der Waals surface area contributed by atoms with Crippen molar-refractivity contribution < 1.29 is 17.4 Å². The first kappa shape index (κ1) is 12.4. The minimum atomic E-state index is -4.05. The van der Waals surface area contributed by atoms with Crippen molar-refractivity contribution in [2.24, 2.45) is 0 Å². The van der Waals surface area contributed by atoms with Gasteiger partial charge in [0.05, 0.1) is 5.69 Å². The molecule has 1 heterocycles. The summed E-state index contributed by atoms with van der Waals surface area (Å²) in [6, 6.07) is 9.38. The minimum Gasteiger partial charge on any atom is -0.443 e. The van der Waals surface area contributed by atoms with Crippen LogP contribution < -0.4 is 0 Å². The van der Waals surface area contributed by atoms with Crippen molar-refractivity contribution in [1.29, 1.82) is 0 Å². The average Bonchev–Trinajstić information content (AvgIpc) is 3.02. The second-order valence-electron chi connectivity index (χ2n) is 4.83. The van der Waals surface area contributed by atoms with Crippen LogP contribution in [-0.4, -0.2) is 22.7 Å². The van der Waals surface area contributed by atoms with Crippen molar-refractivity contribution in [3.05, 3.63) is 42.4 Å². The fraction of sp³-hybridized carbons (Fsp3) is 0.308. The van der Waals surface area contributed by atoms with Crippen LogP contribution in [0.4, 0.5) is 0 Å². The van der Waals surface area contributed by atoms with Crippen molar-refractivity contribution in [2.45, 2.75) is 24.0 Å². The third-order valence-corrected chi connectivity index (χ3v) is 5.17. The van der Waals surface area contributed by atoms with E-state index >= 15 is 0 Å². The Balaban J connectivity index is 1.95. The van der Waals surface area contributed by atoms with Crippen LogP contribution in [0.3, 0.4) is 0 Å². The predicted molar refractivity (Wildman–Crippen MR) is 69.2 cm³/mol. The van der Waals surface area contributed by atoms with E-state index in [0.29, 0.717) is 24.3 Å². The summed E-state index contributed by atoms with van der Waals surface area (Å²) in [5, 5.41) is 0. The summed E-state index contributed by atoms with van der Waals surface area (Å²) in [4.78, 5) is 4.09. The lowest BCUT2D eigenvalue weighted by atomic mass is 10.1. The smallest absolute Gasteiger partial charge is 0.271 e. The van der Waals surface area contributed by atoms with E-state index in [-0.39, 0.29) is 6.42 Å². The summed E-state index contributed by atoms with van der Waals surface area (Å²) >= 11 is 0. The van der Waals surface area contributed by atoms with Gasteiger partial charge in [0.2, 0.25) is 0 Å². The molecular formula is C13H13NO4S. The molecular weight excluding hydrogens is 266 g/mol. The van der Waals surface area contributed by atoms with Crippen LogP contribution in [0.5, 0.6) is 0 Å². The molecule has 0 radical (unpaired) electrons. The number of hydrogen-bond donors (Lipinski definition) is 1. The Morgan fingerprint density at radius 3 is 2.53 bits per heavy atom. The van der Waals surface area contributed by atoms with Gasteiger partial charge in [0.25, 0.3) is 10.1 Å². The highest BCUT2D eigenvalue weighted by molar-refractivity contribution is 7.87. The zero-order valence-corrected chi connectivity index (χ0v) is 10.9. The molecule has 1 aromatic carbocycles. The maximum absolute atomic E-state index is 11.4. The molecule has 100 valence electrons. The summed E-state index contributed by atoms with van der Waals surface area (Å²) in [6.45, 7) is 0. The Morgan fingerprint density at radius 1 is 1.26 bits per heavy atom. The van der Waals surface area contributed by atoms with Crippen LogP contribution in [0, 0.1) is 0 Å². The molecule has 0 amide bonds. The number of rotatable bonds is 4. The van der Waals surface area contributed by atoms with E-state index in [1.807, 2.05) is 30.3 Å². The largest absolute Gasteiger partial charge is 0.443 e. The summed E-state index contributed by atoms with van der Waals surface area (Å²) in [7, 11) is -4.05. The van der Waals surface area contributed by atoms with Crippen LogP contribution in [0.15, 0.2) is 41.1 Å². The van der Waals surface area contributed by atoms with Gasteiger partial charge < -0.3 is 4.42 Å². The maximum atomic E-state index is 11.4. The highest BCUT2D eigenvalue weighted by Gasteiger charge is 2.54. The fourth-order valence-electron chi connectivity index (χ4n) is 2.19. The topological polar surface area (TPSA) is 80.4 Å². The van der Waals surface area contributed by atoms with E-state index in [9.17, 15) is 13.0 Å². The Bertz CT molecular complexity index is 686. The van der Waals surface area contributed by atoms with Gasteiger partial charge in [-0.15, -0.1) is 0 Å². The lowest BCUT2D eigenvalue weighted by Gasteiger charge is -2.10. The molecule has 3 rings (SSSR count). The van der Waals surface area contributed by atoms with E-state index in [2.05, 4.69) is 4.98 Å². The summed E-state index contributed by atoms with van der Waals surface area (Å²) in [5.41, 5.74) is 1.42. The number of oxazole rings is 1. The van der Waals surface area contributed by atoms with Gasteiger partial charge in [-0.1, -0.05) is 30.3 Å². The lowest BCUT2D eigenvalue weighted by Crippen LogP contribution is -2.25. The first-order valence-electron chi connectivity index (χ1n) is 5.97. The van der Waals surface area contributed by atoms with Gasteiger partial charge in [-0.3, -0.25) is 4.55 Å². The van der Waals surface area contributed by atoms with Crippen LogP contribution in [0.1, 0.15) is 18.5 Å². The predicted octanol–water partition coefficient (Wildman–Crippen LogP) is 2.30. The zero-order chi connectivity index (χ0) is 13.5. The number of hydrogen-bond acceptors (Lipinski definition) is 4. The molecule has 0 aliphatic heterocycles. The molecule has 1 fully saturated rings. The van der Waals surface area contributed by atoms with E-state index < -0.39 is 14.9 Å². The van der Waals surface area contributed by atoms with Crippen LogP contribution in [0.2, 0.25) is 0 Å². The monoisotopic (exact) mass is 279 g/mol. The molecule has 0 saturated heterocycles. The maximum Gasteiger partial charge on any atom is 0.271 e. The standard InChI is InChI=1S/C13H13NO4S/c15-19(16,17)13(6-7-13)8-11-12(18-9-14-11)10-4-2-1-3-5-10/h1-5,9H,6-8H2,(H,15,16,17). The van der Waals surface area contributed by atoms with Crippen molar-refractivity contribution in [3.63, 3.8) is 0 Å². The molecule has 0 unspecified atom stereocenters. The van der Waals surface area contributed by atoms with Gasteiger partial charge in [0.15, 0.2) is 12.2 Å². The van der Waals surface area contributed by atoms with E-state index in [4.69, 9.17) is 4.42 Å². The summed E-state index contributed by atoms with van der Waals surface area (Å²) < 4.78 is 36.3. The number of nitrogens with zero attached hydrogens (tertiary/aromatic N) is 1. The first-order chi connectivity index (χ1) is 9.02. The highest BCUT2D eigenvalue weighted by atomic mass is 32.2. The Hall–Kier alpha value is -1.66. The van der Waals surface area contributed by atoms with Gasteiger partial charge in [-0.25, -0.2) is 4.98 Å². The lowest BCUT2D eigenvalue weighted by molar-refractivity contribution is 0.462. The number of benzene rings is 1. The SMILES string of the molecule is O=S(=O)(O)C1(Cc2ncoc2-c2ccccc2)CC1. The molecule has 1 aliphatic rings. The molecule has 2 aromatic rings. The van der Waals surface area contributed by atoms with Crippen molar-refractivity contribution in [3.8, 4) is 11.3 Å². The Morgan fingerprint density at radius 2 is 1.95 bits per heavy atom. The molecule has 5 nitrogen and oxygen atoms in total. The van der Waals surface area contributed by atoms with Gasteiger partial charge in [-0.2, -0.15) is 8.42 Å². The Kier molecular flexibility index (Phi) is 2.72. The molecule has 19 heavy (non-hydrogen) atoms. The number of aromatic nitrogens is 1. The molecule has 0 spiro atoms. The summed E-state index contributed by atoms with van der Waals surface area (Å²) in [6.07, 6.45) is 2.42. The molecule has 0 atom stereocenters. The zero-order valence-electron chi connectivity index (χ0n) is 10.1. The quantitative estimate of drug-likeness (QED) is 0.869. The fourth-order valence-corrected chi connectivity index (χ4v) is 3.13. The van der Waals surface area contributed by atoms with Gasteiger partial charge in [0, 0.05) is 12.0 Å². The van der Waals surface area contributed by atoms with Crippen molar-refractivity contribution >= 4 is 10.1 Å². The minimum absolute atomic E-state index is 0.187. The van der Waals surface area contributed by atoms with Crippen LogP contribution in [0.25, 0.3) is 11.3 Å². The van der Waals surface area contributed by atoms with E-state index in [1.54, 1.807) is 0 Å². The van der Waals surface area contributed by atoms with E-state index in [0.717, 1.165) is 5.56 Å². The van der Waals surface area contributed by atoms with Gasteiger partial charge >= 0.3 is 0 Å². The molecule has 6 heteroatoms. The second kappa shape index (κ2) is 4.18. The first-order valence-corrected chi connectivity index (χ1v) is 7.41. The molecule has 1 saturated carbocycles.